The molecule has 180 valence electrons. The van der Waals surface area contributed by atoms with E-state index in [2.05, 4.69) is 0 Å². The fourth-order valence-corrected chi connectivity index (χ4v) is 10.8. The lowest BCUT2D eigenvalue weighted by molar-refractivity contribution is -0.128. The average Bonchev–Trinajstić information content (AvgIpc) is 3.12. The lowest BCUT2D eigenvalue weighted by atomic mass is 9.70. The van der Waals surface area contributed by atoms with Crippen molar-refractivity contribution in [1.29, 1.82) is 0 Å². The van der Waals surface area contributed by atoms with Crippen LogP contribution in [0.1, 0.15) is 66.2 Å². The summed E-state index contributed by atoms with van der Waals surface area (Å²) in [5.74, 6) is -1.11. The van der Waals surface area contributed by atoms with Crippen LogP contribution in [0.3, 0.4) is 0 Å². The molecule has 4 saturated carbocycles. The molecule has 0 heterocycles. The van der Waals surface area contributed by atoms with Crippen molar-refractivity contribution in [3.05, 3.63) is 0 Å². The van der Waals surface area contributed by atoms with Crippen LogP contribution in [0.4, 0.5) is 4.79 Å². The predicted molar refractivity (Wildman–Crippen MR) is 116 cm³/mol. The second-order valence-electron chi connectivity index (χ2n) is 11.4. The van der Waals surface area contributed by atoms with Crippen LogP contribution in [-0.4, -0.2) is 45.9 Å². The largest absolute Gasteiger partial charge is 0.342 e. The molecule has 0 spiro atoms. The minimum atomic E-state index is -4.27. The van der Waals surface area contributed by atoms with E-state index in [1.165, 1.54) is 0 Å². The normalized spacial score (nSPS) is 37.1. The molecule has 0 aromatic rings. The average molecular weight is 489 g/mol. The van der Waals surface area contributed by atoms with E-state index >= 15 is 0 Å². The van der Waals surface area contributed by atoms with Crippen molar-refractivity contribution in [3.63, 3.8) is 0 Å². The first-order valence-electron chi connectivity index (χ1n) is 11.1. The standard InChI is InChI=1S/C21H32N2O7S2/c1-18(2)13-5-7-20(18,15(24)9-13)11-31(27,28)22-17(26)23-32(29,30)12-21-8-6-14(10-16(21)25)19(21,3)4/h13-14H,5-12H2,1-4H3,(H2,22,23,26)/t13-,14-,20-,21-/m1/s1. The van der Waals surface area contributed by atoms with Crippen LogP contribution in [-0.2, 0) is 29.6 Å². The lowest BCUT2D eigenvalue weighted by Crippen LogP contribution is -2.51. The van der Waals surface area contributed by atoms with E-state index in [4.69, 9.17) is 0 Å². The topological polar surface area (TPSA) is 144 Å². The minimum Gasteiger partial charge on any atom is -0.299 e. The molecule has 4 aliphatic rings. The molecule has 4 atom stereocenters. The fraction of sp³-hybridized carbons (Fsp3) is 0.857. The molecule has 0 saturated heterocycles. The van der Waals surface area contributed by atoms with Gasteiger partial charge in [0.15, 0.2) is 0 Å². The summed E-state index contributed by atoms with van der Waals surface area (Å²) >= 11 is 0. The van der Waals surface area contributed by atoms with Crippen LogP contribution in [0.5, 0.6) is 0 Å². The van der Waals surface area contributed by atoms with Gasteiger partial charge in [-0.25, -0.2) is 31.1 Å². The summed E-state index contributed by atoms with van der Waals surface area (Å²) in [7, 11) is -8.54. The third-order valence-electron chi connectivity index (χ3n) is 9.65. The molecule has 4 bridgehead atoms. The Bertz CT molecular complexity index is 1020. The Balaban J connectivity index is 1.45. The Hall–Kier alpha value is -1.49. The Morgan fingerprint density at radius 2 is 1.12 bits per heavy atom. The zero-order chi connectivity index (χ0) is 24.0. The summed E-state index contributed by atoms with van der Waals surface area (Å²) in [6.45, 7) is 7.52. The number of hydrogen-bond acceptors (Lipinski definition) is 7. The van der Waals surface area contributed by atoms with Gasteiger partial charge in [-0.2, -0.15) is 0 Å². The van der Waals surface area contributed by atoms with Gasteiger partial charge in [-0.15, -0.1) is 0 Å². The summed E-state index contributed by atoms with van der Waals surface area (Å²) in [6, 6.07) is -1.38. The van der Waals surface area contributed by atoms with Crippen molar-refractivity contribution >= 4 is 37.6 Å². The number of Topliss-reactive ketones (excluding diaryl/α,β-unsaturated/α-hetero) is 2. The summed E-state index contributed by atoms with van der Waals surface area (Å²) in [5, 5.41) is 0. The van der Waals surface area contributed by atoms with Crippen LogP contribution >= 0.6 is 0 Å². The van der Waals surface area contributed by atoms with Gasteiger partial charge in [0, 0.05) is 12.8 Å². The van der Waals surface area contributed by atoms with E-state index in [1.54, 1.807) is 9.44 Å². The second kappa shape index (κ2) is 6.77. The number of rotatable bonds is 6. The highest BCUT2D eigenvalue weighted by Gasteiger charge is 2.66. The summed E-state index contributed by atoms with van der Waals surface area (Å²) in [6.07, 6.45) is 3.03. The quantitative estimate of drug-likeness (QED) is 0.579. The van der Waals surface area contributed by atoms with Crippen LogP contribution in [0, 0.1) is 33.5 Å². The third kappa shape index (κ3) is 3.17. The number of sulfonamides is 2. The lowest BCUT2D eigenvalue weighted by Gasteiger charge is -2.36. The van der Waals surface area contributed by atoms with E-state index in [0.29, 0.717) is 25.7 Å². The number of carbonyl (C=O) groups is 3. The van der Waals surface area contributed by atoms with Gasteiger partial charge >= 0.3 is 6.03 Å². The smallest absolute Gasteiger partial charge is 0.299 e. The number of fused-ring (bicyclic) bond motifs is 4. The second-order valence-corrected chi connectivity index (χ2v) is 14.8. The first kappa shape index (κ1) is 23.7. The van der Waals surface area contributed by atoms with Gasteiger partial charge in [-0.3, -0.25) is 9.59 Å². The Morgan fingerprint density at radius 3 is 1.38 bits per heavy atom. The Morgan fingerprint density at radius 1 is 0.781 bits per heavy atom. The summed E-state index contributed by atoms with van der Waals surface area (Å²) in [4.78, 5) is 37.6. The third-order valence-corrected chi connectivity index (χ3v) is 12.4. The zero-order valence-electron chi connectivity index (χ0n) is 19.0. The number of amides is 2. The number of hydrogen-bond donors (Lipinski definition) is 2. The van der Waals surface area contributed by atoms with Crippen LogP contribution in [0.2, 0.25) is 0 Å². The van der Waals surface area contributed by atoms with E-state index in [-0.39, 0.29) is 23.4 Å². The molecule has 0 aromatic heterocycles. The van der Waals surface area contributed by atoms with Crippen LogP contribution in [0.15, 0.2) is 0 Å². The molecule has 0 aromatic carbocycles. The van der Waals surface area contributed by atoms with Crippen molar-refractivity contribution in [1.82, 2.24) is 9.44 Å². The molecular formula is C21H32N2O7S2. The molecule has 11 heteroatoms. The Kier molecular flexibility index (Phi) is 5.01. The maximum Gasteiger partial charge on any atom is 0.342 e. The highest BCUT2D eigenvalue weighted by Crippen LogP contribution is 2.65. The van der Waals surface area contributed by atoms with E-state index in [0.717, 1.165) is 12.8 Å². The molecule has 2 N–H and O–H groups in total. The molecule has 32 heavy (non-hydrogen) atoms. The molecule has 0 unspecified atom stereocenters. The van der Waals surface area contributed by atoms with Gasteiger partial charge in [-0.05, 0) is 48.3 Å². The van der Waals surface area contributed by atoms with Gasteiger partial charge in [-0.1, -0.05) is 27.7 Å². The van der Waals surface area contributed by atoms with Crippen molar-refractivity contribution in [2.45, 2.75) is 66.2 Å². The first-order chi connectivity index (χ1) is 14.5. The van der Waals surface area contributed by atoms with E-state index in [9.17, 15) is 31.2 Å². The van der Waals surface area contributed by atoms with Gasteiger partial charge < -0.3 is 0 Å². The molecular weight excluding hydrogens is 456 g/mol. The molecule has 2 amide bonds. The molecule has 0 radical (unpaired) electrons. The van der Waals surface area contributed by atoms with Crippen molar-refractivity contribution < 1.29 is 31.2 Å². The van der Waals surface area contributed by atoms with Gasteiger partial charge in [0.25, 0.3) is 0 Å². The maximum absolute atomic E-state index is 12.8. The minimum absolute atomic E-state index is 0.112. The van der Waals surface area contributed by atoms with Crippen molar-refractivity contribution in [2.24, 2.45) is 33.5 Å². The van der Waals surface area contributed by atoms with Crippen molar-refractivity contribution in [2.75, 3.05) is 11.5 Å². The molecule has 9 nitrogen and oxygen atoms in total. The predicted octanol–water partition coefficient (Wildman–Crippen LogP) is 1.74. The molecule has 4 rings (SSSR count). The zero-order valence-corrected chi connectivity index (χ0v) is 20.6. The fourth-order valence-electron chi connectivity index (χ4n) is 7.24. The first-order valence-corrected chi connectivity index (χ1v) is 14.4. The van der Waals surface area contributed by atoms with Gasteiger partial charge in [0.05, 0.1) is 22.3 Å². The summed E-state index contributed by atoms with van der Waals surface area (Å²) in [5.41, 5.74) is -3.15. The van der Waals surface area contributed by atoms with Crippen LogP contribution < -0.4 is 9.44 Å². The van der Waals surface area contributed by atoms with E-state index in [1.807, 2.05) is 27.7 Å². The number of carbonyl (C=O) groups excluding carboxylic acids is 3. The highest BCUT2D eigenvalue weighted by molar-refractivity contribution is 7.91. The molecule has 4 aliphatic carbocycles. The van der Waals surface area contributed by atoms with Gasteiger partial charge in [0.2, 0.25) is 20.0 Å². The number of ketones is 2. The Labute approximate surface area is 189 Å². The molecule has 0 aliphatic heterocycles. The monoisotopic (exact) mass is 488 g/mol. The maximum atomic E-state index is 12.8. The van der Waals surface area contributed by atoms with Gasteiger partial charge in [0.1, 0.15) is 11.6 Å². The number of nitrogens with one attached hydrogen (secondary N) is 2. The highest BCUT2D eigenvalue weighted by atomic mass is 32.2. The summed E-state index contributed by atoms with van der Waals surface area (Å²) < 4.78 is 54.6. The number of urea groups is 1. The molecule has 4 fully saturated rings. The van der Waals surface area contributed by atoms with E-state index < -0.39 is 59.2 Å². The SMILES string of the molecule is CC1(C)[C@@H]2CC[C@@]1(CS(=O)(=O)NC(=O)NS(=O)(=O)C[C@]13CC[C@H](CC1=O)C3(C)C)C(=O)C2. The van der Waals surface area contributed by atoms with Crippen molar-refractivity contribution in [3.8, 4) is 0 Å². The van der Waals surface area contributed by atoms with Crippen LogP contribution in [0.25, 0.3) is 0 Å².